The van der Waals surface area contributed by atoms with Crippen molar-refractivity contribution in [1.29, 1.82) is 0 Å². The number of nitrogens with zero attached hydrogens (tertiary/aromatic N) is 6. The Morgan fingerprint density at radius 2 is 1.80 bits per heavy atom. The normalized spacial score (nSPS) is 18.8. The van der Waals surface area contributed by atoms with E-state index in [0.29, 0.717) is 57.9 Å². The maximum atomic E-state index is 13.7. The molecule has 2 aromatic heterocycles. The van der Waals surface area contributed by atoms with Gasteiger partial charge < -0.3 is 20.7 Å². The Morgan fingerprint density at radius 3 is 2.60 bits per heavy atom. The maximum Gasteiger partial charge on any atom is 0.243 e. The summed E-state index contributed by atoms with van der Waals surface area (Å²) in [6.45, 7) is 8.73. The van der Waals surface area contributed by atoms with Crippen LogP contribution in [-0.2, 0) is 53.2 Å². The highest BCUT2D eigenvalue weighted by Gasteiger charge is 2.29. The molecule has 264 valence electrons. The Balaban J connectivity index is 1.38. The van der Waals surface area contributed by atoms with Gasteiger partial charge in [0.2, 0.25) is 17.7 Å². The van der Waals surface area contributed by atoms with Crippen LogP contribution in [0.5, 0.6) is 5.75 Å². The number of rotatable bonds is 6. The maximum absolute atomic E-state index is 13.7. The van der Waals surface area contributed by atoms with E-state index in [4.69, 9.17) is 9.72 Å². The largest absolute Gasteiger partial charge is 0.492 e. The first-order valence-electron chi connectivity index (χ1n) is 17.3. The quantitative estimate of drug-likeness (QED) is 0.278. The van der Waals surface area contributed by atoms with Crippen LogP contribution in [0.1, 0.15) is 49.1 Å². The molecule has 3 N–H and O–H groups in total. The van der Waals surface area contributed by atoms with E-state index in [9.17, 15) is 14.4 Å². The van der Waals surface area contributed by atoms with Gasteiger partial charge in [0.05, 0.1) is 24.4 Å². The van der Waals surface area contributed by atoms with Gasteiger partial charge in [0.15, 0.2) is 0 Å². The molecule has 3 amide bonds. The molecule has 0 fully saturated rings. The van der Waals surface area contributed by atoms with Crippen molar-refractivity contribution in [3.8, 4) is 5.75 Å². The van der Waals surface area contributed by atoms with Crippen LogP contribution in [0.2, 0.25) is 0 Å². The van der Waals surface area contributed by atoms with Gasteiger partial charge in [0.25, 0.3) is 0 Å². The molecule has 0 unspecified atom stereocenters. The van der Waals surface area contributed by atoms with Crippen molar-refractivity contribution in [2.45, 2.75) is 71.6 Å². The number of carbonyl (C=O) groups excluding carboxylic acids is 3. The Labute approximate surface area is 293 Å². The lowest BCUT2D eigenvalue weighted by Crippen LogP contribution is -2.56. The SMILES string of the molecule is CCc1nccc(CN2CCNC(=O)[C@H](Cc3ccccc3)NC(=O)[C@@H](C(C)C)NC(=O)Cc3cccc(c3)OCCn3cc(nn3)CC2)n1. The number of hydrogen-bond acceptors (Lipinski definition) is 9. The van der Waals surface area contributed by atoms with E-state index >= 15 is 0 Å². The van der Waals surface area contributed by atoms with Gasteiger partial charge in [-0.25, -0.2) is 14.6 Å². The Hall–Kier alpha value is -5.17. The zero-order chi connectivity index (χ0) is 35.3. The zero-order valence-electron chi connectivity index (χ0n) is 29.0. The Kier molecular flexibility index (Phi) is 13.0. The highest BCUT2D eigenvalue weighted by Crippen LogP contribution is 2.15. The molecule has 4 aromatic rings. The predicted molar refractivity (Wildman–Crippen MR) is 188 cm³/mol. The summed E-state index contributed by atoms with van der Waals surface area (Å²) in [4.78, 5) is 51.9. The van der Waals surface area contributed by atoms with E-state index in [2.05, 4.69) is 36.1 Å². The minimum absolute atomic E-state index is 0.0688. The number of benzene rings is 2. The lowest BCUT2D eigenvalue weighted by atomic mass is 10.0. The lowest BCUT2D eigenvalue weighted by Gasteiger charge is -2.26. The van der Waals surface area contributed by atoms with Gasteiger partial charge >= 0.3 is 0 Å². The van der Waals surface area contributed by atoms with Crippen LogP contribution in [0, 0.1) is 5.92 Å². The number of ether oxygens (including phenoxy) is 1. The van der Waals surface area contributed by atoms with Crippen molar-refractivity contribution in [1.82, 2.24) is 45.8 Å². The number of aryl methyl sites for hydroxylation is 1. The van der Waals surface area contributed by atoms with E-state index in [-0.39, 0.29) is 24.2 Å². The number of fused-ring (bicyclic) bond motifs is 4. The summed E-state index contributed by atoms with van der Waals surface area (Å²) < 4.78 is 7.74. The van der Waals surface area contributed by atoms with Gasteiger partial charge in [0, 0.05) is 57.8 Å². The first-order chi connectivity index (χ1) is 24.2. The van der Waals surface area contributed by atoms with Gasteiger partial charge in [-0.3, -0.25) is 19.3 Å². The minimum Gasteiger partial charge on any atom is -0.492 e. The smallest absolute Gasteiger partial charge is 0.243 e. The fraction of sp³-hybridized carbons (Fsp3) is 0.432. The van der Waals surface area contributed by atoms with Gasteiger partial charge in [-0.2, -0.15) is 0 Å². The molecular formula is C37H47N9O4. The first-order valence-corrected chi connectivity index (χ1v) is 17.3. The Morgan fingerprint density at radius 1 is 0.960 bits per heavy atom. The summed E-state index contributed by atoms with van der Waals surface area (Å²) in [5, 5.41) is 17.6. The van der Waals surface area contributed by atoms with Gasteiger partial charge in [-0.1, -0.05) is 68.4 Å². The topological polar surface area (TPSA) is 156 Å². The lowest BCUT2D eigenvalue weighted by molar-refractivity contribution is -0.132. The molecule has 0 saturated carbocycles. The molecule has 0 aliphatic carbocycles. The number of amides is 3. The van der Waals surface area contributed by atoms with E-state index in [1.54, 1.807) is 10.9 Å². The van der Waals surface area contributed by atoms with E-state index in [1.165, 1.54) is 0 Å². The van der Waals surface area contributed by atoms with Gasteiger partial charge in [-0.15, -0.1) is 5.10 Å². The van der Waals surface area contributed by atoms with Crippen LogP contribution < -0.4 is 20.7 Å². The standard InChI is InChI=1S/C37H47N9O4/c1-4-33-38-15-13-29(40-33)24-45-17-14-30-25-46(44-43-30)19-20-50-31-12-8-11-28(21-31)23-34(47)42-35(26(2)3)37(49)41-32(36(48)39-16-18-45)22-27-9-6-5-7-10-27/h5-13,15,21,25-26,32,35H,4,14,16-20,22-24H2,1-3H3,(H,39,48)(H,41,49)(H,42,47)/t32-,35+/m0/s1. The van der Waals surface area contributed by atoms with Crippen molar-refractivity contribution < 1.29 is 19.1 Å². The number of hydrogen-bond donors (Lipinski definition) is 3. The van der Waals surface area contributed by atoms with Crippen LogP contribution in [0.15, 0.2) is 73.1 Å². The molecule has 1 aliphatic rings. The Bertz CT molecular complexity index is 1710. The predicted octanol–water partition coefficient (Wildman–Crippen LogP) is 2.29. The van der Waals surface area contributed by atoms with Crippen molar-refractivity contribution in [3.63, 3.8) is 0 Å². The minimum atomic E-state index is -0.851. The second kappa shape index (κ2) is 18.0. The van der Waals surface area contributed by atoms with Crippen LogP contribution in [0.3, 0.4) is 0 Å². The monoisotopic (exact) mass is 681 g/mol. The van der Waals surface area contributed by atoms with Crippen LogP contribution in [0.25, 0.3) is 0 Å². The summed E-state index contributed by atoms with van der Waals surface area (Å²) in [6.07, 6.45) is 5.44. The van der Waals surface area contributed by atoms with Crippen molar-refractivity contribution in [2.24, 2.45) is 5.92 Å². The van der Waals surface area contributed by atoms with Crippen molar-refractivity contribution in [2.75, 3.05) is 26.2 Å². The number of nitrogens with one attached hydrogen (secondary N) is 3. The van der Waals surface area contributed by atoms with E-state index in [0.717, 1.165) is 34.8 Å². The van der Waals surface area contributed by atoms with Crippen LogP contribution in [-0.4, -0.2) is 85.9 Å². The first kappa shape index (κ1) is 36.1. The number of aromatic nitrogens is 5. The average molecular weight is 682 g/mol. The fourth-order valence-corrected chi connectivity index (χ4v) is 5.76. The fourth-order valence-electron chi connectivity index (χ4n) is 5.76. The van der Waals surface area contributed by atoms with Crippen molar-refractivity contribution in [3.05, 3.63) is 101 Å². The summed E-state index contributed by atoms with van der Waals surface area (Å²) >= 11 is 0. The molecule has 5 rings (SSSR count). The molecule has 0 spiro atoms. The molecule has 2 atom stereocenters. The second-order valence-corrected chi connectivity index (χ2v) is 12.8. The summed E-state index contributed by atoms with van der Waals surface area (Å²) in [5.74, 6) is 0.175. The second-order valence-electron chi connectivity index (χ2n) is 12.8. The third kappa shape index (κ3) is 10.9. The summed E-state index contributed by atoms with van der Waals surface area (Å²) in [5.41, 5.74) is 3.39. The molecule has 1 aliphatic heterocycles. The molecule has 2 aromatic carbocycles. The van der Waals surface area contributed by atoms with Crippen LogP contribution >= 0.6 is 0 Å². The third-order valence-corrected chi connectivity index (χ3v) is 8.50. The molecule has 13 nitrogen and oxygen atoms in total. The third-order valence-electron chi connectivity index (χ3n) is 8.50. The summed E-state index contributed by atoms with van der Waals surface area (Å²) in [7, 11) is 0. The number of carbonyl (C=O) groups is 3. The molecular weight excluding hydrogens is 634 g/mol. The van der Waals surface area contributed by atoms with Gasteiger partial charge in [-0.05, 0) is 35.2 Å². The van der Waals surface area contributed by atoms with E-state index in [1.807, 2.05) is 87.6 Å². The molecule has 0 saturated heterocycles. The molecule has 0 radical (unpaired) electrons. The molecule has 3 heterocycles. The van der Waals surface area contributed by atoms with E-state index < -0.39 is 18.0 Å². The highest BCUT2D eigenvalue weighted by molar-refractivity contribution is 5.92. The summed E-state index contributed by atoms with van der Waals surface area (Å²) in [6, 6.07) is 17.1. The molecule has 50 heavy (non-hydrogen) atoms. The molecule has 4 bridgehead atoms. The average Bonchev–Trinajstić information content (AvgIpc) is 3.57. The van der Waals surface area contributed by atoms with Gasteiger partial charge in [0.1, 0.15) is 30.3 Å². The molecule has 13 heteroatoms. The van der Waals surface area contributed by atoms with Crippen LogP contribution in [0.4, 0.5) is 0 Å². The van der Waals surface area contributed by atoms with Crippen molar-refractivity contribution >= 4 is 17.7 Å². The zero-order valence-corrected chi connectivity index (χ0v) is 29.0. The highest BCUT2D eigenvalue weighted by atomic mass is 16.5.